The van der Waals surface area contributed by atoms with Crippen molar-refractivity contribution in [1.29, 1.82) is 0 Å². The molecule has 3 aromatic rings. The molecule has 2 aromatic heterocycles. The van der Waals surface area contributed by atoms with E-state index in [2.05, 4.69) is 63.3 Å². The number of aromatic amines is 1. The van der Waals surface area contributed by atoms with Gasteiger partial charge in [-0.05, 0) is 43.7 Å². The highest BCUT2D eigenvalue weighted by atomic mass is 16.3. The fourth-order valence-corrected chi connectivity index (χ4v) is 2.48. The molecule has 1 aromatic carbocycles. The van der Waals surface area contributed by atoms with Crippen LogP contribution in [0.15, 0.2) is 48.7 Å². The largest absolute Gasteiger partial charge is 0.381 e. The monoisotopic (exact) mass is 309 g/mol. The Bertz CT molecular complexity index is 774. The molecule has 0 aliphatic carbocycles. The average Bonchev–Trinajstić information content (AvgIpc) is 3.24. The van der Waals surface area contributed by atoms with E-state index in [9.17, 15) is 5.11 Å². The van der Waals surface area contributed by atoms with Gasteiger partial charge in [0.25, 0.3) is 0 Å². The number of hydrogen-bond acceptors (Lipinski definition) is 4. The highest BCUT2D eigenvalue weighted by Gasteiger charge is 2.11. The molecule has 0 radical (unpaired) electrons. The molecule has 118 valence electrons. The summed E-state index contributed by atoms with van der Waals surface area (Å²) in [7, 11) is 0. The van der Waals surface area contributed by atoms with Gasteiger partial charge >= 0.3 is 0 Å². The number of H-pyrrole nitrogens is 1. The van der Waals surface area contributed by atoms with Gasteiger partial charge in [-0.15, -0.1) is 10.2 Å². The quantitative estimate of drug-likeness (QED) is 0.759. The first-order valence-corrected chi connectivity index (χ1v) is 7.48. The lowest BCUT2D eigenvalue weighted by atomic mass is 10.1. The highest BCUT2D eigenvalue weighted by molar-refractivity contribution is 5.47. The summed E-state index contributed by atoms with van der Waals surface area (Å²) in [5, 5.41) is 23.3. The summed E-state index contributed by atoms with van der Waals surface area (Å²) in [5.41, 5.74) is 3.48. The Balaban J connectivity index is 1.80. The summed E-state index contributed by atoms with van der Waals surface area (Å²) in [6, 6.07) is 12.7. The second kappa shape index (κ2) is 6.58. The molecule has 2 unspecified atom stereocenters. The third-order valence-corrected chi connectivity index (χ3v) is 3.86. The van der Waals surface area contributed by atoms with E-state index < -0.39 is 6.10 Å². The number of aromatic nitrogens is 5. The zero-order valence-corrected chi connectivity index (χ0v) is 13.1. The number of nitrogens with one attached hydrogen (secondary N) is 1. The van der Waals surface area contributed by atoms with Crippen molar-refractivity contribution in [2.75, 3.05) is 0 Å². The molecule has 0 fully saturated rings. The Morgan fingerprint density at radius 2 is 2.00 bits per heavy atom. The smallest absolute Gasteiger partial charge is 0.206 e. The summed E-state index contributed by atoms with van der Waals surface area (Å²) in [6.07, 6.45) is 4.67. The first-order valence-electron chi connectivity index (χ1n) is 7.48. The summed E-state index contributed by atoms with van der Waals surface area (Å²) >= 11 is 0. The number of rotatable bonds is 5. The third kappa shape index (κ3) is 3.37. The van der Waals surface area contributed by atoms with Crippen LogP contribution in [0.2, 0.25) is 0 Å². The maximum absolute atomic E-state index is 10.0. The number of aryl methyl sites for hydroxylation is 1. The Kier molecular flexibility index (Phi) is 4.34. The predicted molar refractivity (Wildman–Crippen MR) is 87.6 cm³/mol. The number of tetrazole rings is 1. The molecule has 0 saturated carbocycles. The van der Waals surface area contributed by atoms with Crippen LogP contribution in [-0.2, 0) is 0 Å². The normalized spacial score (nSPS) is 14.2. The van der Waals surface area contributed by atoms with Gasteiger partial charge in [0.15, 0.2) is 0 Å². The minimum atomic E-state index is -0.883. The molecule has 2 N–H and O–H groups in total. The van der Waals surface area contributed by atoms with Crippen LogP contribution in [0.1, 0.15) is 41.7 Å². The van der Waals surface area contributed by atoms with Crippen LogP contribution in [-0.4, -0.2) is 30.3 Å². The Hall–Kier alpha value is -2.73. The minimum Gasteiger partial charge on any atom is -0.381 e. The van der Waals surface area contributed by atoms with E-state index in [0.29, 0.717) is 0 Å². The molecule has 6 nitrogen and oxygen atoms in total. The Morgan fingerprint density at radius 1 is 1.22 bits per heavy atom. The van der Waals surface area contributed by atoms with Crippen LogP contribution in [0.25, 0.3) is 6.08 Å². The predicted octanol–water partition coefficient (Wildman–Crippen LogP) is 2.67. The van der Waals surface area contributed by atoms with E-state index in [4.69, 9.17) is 0 Å². The number of hydrogen-bond donors (Lipinski definition) is 2. The second-order valence-corrected chi connectivity index (χ2v) is 5.50. The molecule has 0 saturated heterocycles. The molecule has 6 heteroatoms. The van der Waals surface area contributed by atoms with Crippen molar-refractivity contribution in [1.82, 2.24) is 25.2 Å². The number of aliphatic hydroxyl groups excluding tert-OH is 1. The standard InChI is InChI=1S/C17H19N5O/c1-12-5-7-14(8-6-12)13(2)22-11-3-4-15(22)9-10-16(23)17-18-20-21-19-17/h3-11,13,16,23H,1-2H3,(H,18,19,20,21). The lowest BCUT2D eigenvalue weighted by Gasteiger charge is -2.17. The van der Waals surface area contributed by atoms with Crippen LogP contribution in [0.4, 0.5) is 0 Å². The summed E-state index contributed by atoms with van der Waals surface area (Å²) < 4.78 is 2.16. The first-order chi connectivity index (χ1) is 11.1. The molecular formula is C17H19N5O. The first kappa shape index (κ1) is 15.2. The number of benzene rings is 1. The molecule has 0 bridgehead atoms. The fraction of sp³-hybridized carbons (Fsp3) is 0.235. The average molecular weight is 309 g/mol. The van der Waals surface area contributed by atoms with E-state index in [1.54, 1.807) is 6.08 Å². The van der Waals surface area contributed by atoms with Gasteiger partial charge in [-0.1, -0.05) is 35.0 Å². The molecule has 0 spiro atoms. The lowest BCUT2D eigenvalue weighted by Crippen LogP contribution is -2.07. The molecule has 0 aliphatic heterocycles. The van der Waals surface area contributed by atoms with Crippen LogP contribution in [0.3, 0.4) is 0 Å². The van der Waals surface area contributed by atoms with E-state index >= 15 is 0 Å². The Morgan fingerprint density at radius 3 is 2.70 bits per heavy atom. The van der Waals surface area contributed by atoms with Crippen molar-refractivity contribution in [2.45, 2.75) is 26.0 Å². The van der Waals surface area contributed by atoms with Crippen molar-refractivity contribution in [3.8, 4) is 0 Å². The van der Waals surface area contributed by atoms with Crippen molar-refractivity contribution in [2.24, 2.45) is 0 Å². The van der Waals surface area contributed by atoms with Gasteiger partial charge in [0, 0.05) is 11.9 Å². The molecular weight excluding hydrogens is 290 g/mol. The zero-order valence-electron chi connectivity index (χ0n) is 13.1. The molecule has 0 aliphatic rings. The van der Waals surface area contributed by atoms with Gasteiger partial charge in [0.1, 0.15) is 6.10 Å². The molecule has 0 amide bonds. The van der Waals surface area contributed by atoms with E-state index in [0.717, 1.165) is 5.69 Å². The van der Waals surface area contributed by atoms with Gasteiger partial charge < -0.3 is 9.67 Å². The third-order valence-electron chi connectivity index (χ3n) is 3.86. The van der Waals surface area contributed by atoms with Crippen LogP contribution < -0.4 is 0 Å². The van der Waals surface area contributed by atoms with Gasteiger partial charge in [0.2, 0.25) is 5.82 Å². The molecule has 2 atom stereocenters. The molecule has 3 rings (SSSR count). The van der Waals surface area contributed by atoms with Gasteiger partial charge in [-0.3, -0.25) is 0 Å². The van der Waals surface area contributed by atoms with Crippen LogP contribution >= 0.6 is 0 Å². The Labute approximate surface area is 134 Å². The van der Waals surface area contributed by atoms with E-state index in [-0.39, 0.29) is 11.9 Å². The van der Waals surface area contributed by atoms with E-state index in [1.807, 2.05) is 24.4 Å². The second-order valence-electron chi connectivity index (χ2n) is 5.50. The summed E-state index contributed by atoms with van der Waals surface area (Å²) in [4.78, 5) is 0. The van der Waals surface area contributed by atoms with Gasteiger partial charge in [-0.2, -0.15) is 5.21 Å². The van der Waals surface area contributed by atoms with E-state index in [1.165, 1.54) is 11.1 Å². The minimum absolute atomic E-state index is 0.201. The van der Waals surface area contributed by atoms with Gasteiger partial charge in [0.05, 0.1) is 6.04 Å². The number of aliphatic hydroxyl groups is 1. The molecule has 23 heavy (non-hydrogen) atoms. The fourth-order valence-electron chi connectivity index (χ4n) is 2.48. The maximum Gasteiger partial charge on any atom is 0.206 e. The lowest BCUT2D eigenvalue weighted by molar-refractivity contribution is 0.219. The highest BCUT2D eigenvalue weighted by Crippen LogP contribution is 2.22. The van der Waals surface area contributed by atoms with Crippen molar-refractivity contribution >= 4 is 6.08 Å². The zero-order chi connectivity index (χ0) is 16.2. The summed E-state index contributed by atoms with van der Waals surface area (Å²) in [5.74, 6) is 0.255. The topological polar surface area (TPSA) is 79.6 Å². The summed E-state index contributed by atoms with van der Waals surface area (Å²) in [6.45, 7) is 4.23. The maximum atomic E-state index is 10.0. The number of nitrogens with zero attached hydrogens (tertiary/aromatic N) is 4. The van der Waals surface area contributed by atoms with Crippen molar-refractivity contribution in [3.63, 3.8) is 0 Å². The van der Waals surface area contributed by atoms with Crippen LogP contribution in [0, 0.1) is 6.92 Å². The van der Waals surface area contributed by atoms with Crippen molar-refractivity contribution < 1.29 is 5.11 Å². The van der Waals surface area contributed by atoms with Crippen LogP contribution in [0.5, 0.6) is 0 Å². The van der Waals surface area contributed by atoms with Gasteiger partial charge in [-0.25, -0.2) is 0 Å². The molecule has 2 heterocycles. The SMILES string of the molecule is Cc1ccc(C(C)n2cccc2C=CC(O)c2nn[nH]n2)cc1. The van der Waals surface area contributed by atoms with Crippen molar-refractivity contribution in [3.05, 3.63) is 71.3 Å².